The predicted molar refractivity (Wildman–Crippen MR) is 93.1 cm³/mol. The van der Waals surface area contributed by atoms with Gasteiger partial charge < -0.3 is 13.9 Å². The van der Waals surface area contributed by atoms with Crippen LogP contribution in [0.15, 0.2) is 41.7 Å². The van der Waals surface area contributed by atoms with Crippen LogP contribution in [-0.4, -0.2) is 38.9 Å². The van der Waals surface area contributed by atoms with Crippen molar-refractivity contribution in [1.82, 2.24) is 19.7 Å². The molecule has 8 heteroatoms. The van der Waals surface area contributed by atoms with Gasteiger partial charge in [-0.25, -0.2) is 19.4 Å². The van der Waals surface area contributed by atoms with Gasteiger partial charge in [0.2, 0.25) is 0 Å². The van der Waals surface area contributed by atoms with Crippen molar-refractivity contribution < 1.29 is 18.7 Å². The molecular weight excluding hydrogens is 336 g/mol. The first-order valence-corrected chi connectivity index (χ1v) is 8.32. The summed E-state index contributed by atoms with van der Waals surface area (Å²) < 4.78 is 17.7. The van der Waals surface area contributed by atoms with Crippen molar-refractivity contribution in [2.45, 2.75) is 20.8 Å². The molecule has 3 rings (SSSR count). The molecule has 8 nitrogen and oxygen atoms in total. The van der Waals surface area contributed by atoms with Gasteiger partial charge in [-0.15, -0.1) is 0 Å². The Balaban J connectivity index is 1.94. The maximum absolute atomic E-state index is 11.8. The van der Waals surface area contributed by atoms with E-state index in [0.717, 1.165) is 0 Å². The van der Waals surface area contributed by atoms with Gasteiger partial charge in [0, 0.05) is 6.20 Å². The van der Waals surface area contributed by atoms with Gasteiger partial charge in [0.1, 0.15) is 5.75 Å². The summed E-state index contributed by atoms with van der Waals surface area (Å²) in [5.74, 6) is 1.62. The van der Waals surface area contributed by atoms with Gasteiger partial charge in [0.15, 0.2) is 18.0 Å². The number of oxazole rings is 1. The second-order valence-electron chi connectivity index (χ2n) is 6.00. The molecule has 0 atom stereocenters. The zero-order valence-electron chi connectivity index (χ0n) is 14.9. The molecule has 0 aliphatic rings. The predicted octanol–water partition coefficient (Wildman–Crippen LogP) is 3.13. The Hall–Kier alpha value is -3.16. The molecule has 3 heterocycles. The van der Waals surface area contributed by atoms with Crippen LogP contribution in [0.25, 0.3) is 17.1 Å². The summed E-state index contributed by atoms with van der Waals surface area (Å²) in [4.78, 5) is 20.1. The van der Waals surface area contributed by atoms with Gasteiger partial charge in [-0.1, -0.05) is 13.8 Å². The van der Waals surface area contributed by atoms with E-state index in [0.29, 0.717) is 47.6 Å². The molecule has 0 aliphatic carbocycles. The highest BCUT2D eigenvalue weighted by Gasteiger charge is 2.15. The topological polar surface area (TPSA) is 92.3 Å². The number of carbonyl (C=O) groups is 1. The van der Waals surface area contributed by atoms with Crippen LogP contribution in [0.4, 0.5) is 0 Å². The van der Waals surface area contributed by atoms with Gasteiger partial charge in [-0.05, 0) is 18.9 Å². The van der Waals surface area contributed by atoms with Crippen molar-refractivity contribution in [3.8, 4) is 22.9 Å². The summed E-state index contributed by atoms with van der Waals surface area (Å²) in [7, 11) is 0. The maximum Gasteiger partial charge on any atom is 0.341 e. The van der Waals surface area contributed by atoms with Crippen LogP contribution in [-0.2, 0) is 4.74 Å². The molecule has 0 saturated carbocycles. The number of esters is 1. The van der Waals surface area contributed by atoms with E-state index in [1.165, 1.54) is 17.3 Å². The third-order valence-corrected chi connectivity index (χ3v) is 3.45. The van der Waals surface area contributed by atoms with Crippen LogP contribution in [0.5, 0.6) is 5.75 Å². The van der Waals surface area contributed by atoms with Gasteiger partial charge in [-0.2, -0.15) is 5.10 Å². The van der Waals surface area contributed by atoms with Crippen LogP contribution >= 0.6 is 0 Å². The standard InChI is InChI=1S/C18H20N4O4/c1-4-24-18(23)13-6-21-22(9-13)17-5-14(15-7-19-11-26-15)16(8-20-17)25-10-12(2)3/h5-9,11-12H,4,10H2,1-3H3. The number of ether oxygens (including phenoxy) is 2. The highest BCUT2D eigenvalue weighted by Crippen LogP contribution is 2.31. The van der Waals surface area contributed by atoms with E-state index in [1.807, 2.05) is 0 Å². The summed E-state index contributed by atoms with van der Waals surface area (Å²) in [5, 5.41) is 4.18. The highest BCUT2D eigenvalue weighted by atomic mass is 16.5. The number of nitrogens with zero attached hydrogens (tertiary/aromatic N) is 4. The maximum atomic E-state index is 11.8. The largest absolute Gasteiger partial charge is 0.491 e. The molecule has 0 fully saturated rings. The average Bonchev–Trinajstić information content (AvgIpc) is 3.32. The van der Waals surface area contributed by atoms with E-state index in [4.69, 9.17) is 13.9 Å². The van der Waals surface area contributed by atoms with Crippen molar-refractivity contribution in [3.63, 3.8) is 0 Å². The first-order valence-electron chi connectivity index (χ1n) is 8.32. The minimum atomic E-state index is -0.425. The summed E-state index contributed by atoms with van der Waals surface area (Å²) in [5.41, 5.74) is 1.07. The molecule has 0 unspecified atom stereocenters. The molecule has 0 bridgehead atoms. The molecule has 0 N–H and O–H groups in total. The molecule has 136 valence electrons. The van der Waals surface area contributed by atoms with Crippen molar-refractivity contribution in [2.75, 3.05) is 13.2 Å². The summed E-state index contributed by atoms with van der Waals surface area (Å²) in [6.45, 7) is 6.74. The Bertz CT molecular complexity index is 871. The fourth-order valence-corrected chi connectivity index (χ4v) is 2.24. The fraction of sp³-hybridized carbons (Fsp3) is 0.333. The molecule has 3 aromatic heterocycles. The van der Waals surface area contributed by atoms with Crippen LogP contribution in [0.2, 0.25) is 0 Å². The number of hydrogen-bond acceptors (Lipinski definition) is 7. The summed E-state index contributed by atoms with van der Waals surface area (Å²) in [6.07, 6.45) is 7.58. The zero-order valence-corrected chi connectivity index (χ0v) is 14.9. The Morgan fingerprint density at radius 1 is 1.31 bits per heavy atom. The minimum absolute atomic E-state index is 0.305. The highest BCUT2D eigenvalue weighted by molar-refractivity contribution is 5.88. The van der Waals surface area contributed by atoms with Gasteiger partial charge >= 0.3 is 5.97 Å². The summed E-state index contributed by atoms with van der Waals surface area (Å²) >= 11 is 0. The Morgan fingerprint density at radius 3 is 2.85 bits per heavy atom. The molecule has 3 aromatic rings. The number of rotatable bonds is 7. The molecular formula is C18H20N4O4. The van der Waals surface area contributed by atoms with E-state index in [9.17, 15) is 4.79 Å². The van der Waals surface area contributed by atoms with E-state index >= 15 is 0 Å². The minimum Gasteiger partial charge on any atom is -0.491 e. The Morgan fingerprint density at radius 2 is 2.15 bits per heavy atom. The lowest BCUT2D eigenvalue weighted by molar-refractivity contribution is 0.0526. The van der Waals surface area contributed by atoms with E-state index in [1.54, 1.807) is 31.6 Å². The van der Waals surface area contributed by atoms with Crippen molar-refractivity contribution >= 4 is 5.97 Å². The molecule has 0 saturated heterocycles. The first kappa shape index (κ1) is 17.7. The number of pyridine rings is 1. The molecule has 0 radical (unpaired) electrons. The van der Waals surface area contributed by atoms with Crippen LogP contribution in [0, 0.1) is 5.92 Å². The molecule has 0 spiro atoms. The average molecular weight is 356 g/mol. The van der Waals surface area contributed by atoms with Crippen molar-refractivity contribution in [3.05, 3.63) is 42.8 Å². The number of aromatic nitrogens is 4. The van der Waals surface area contributed by atoms with Gasteiger partial charge in [0.25, 0.3) is 0 Å². The first-order chi connectivity index (χ1) is 12.6. The second kappa shape index (κ2) is 7.81. The zero-order chi connectivity index (χ0) is 18.5. The van der Waals surface area contributed by atoms with E-state index in [-0.39, 0.29) is 0 Å². The SMILES string of the molecule is CCOC(=O)c1cnn(-c2cc(-c3cnco3)c(OCC(C)C)cn2)c1. The van der Waals surface area contributed by atoms with Gasteiger partial charge in [0.05, 0.1) is 42.9 Å². The smallest absolute Gasteiger partial charge is 0.341 e. The lowest BCUT2D eigenvalue weighted by Gasteiger charge is -2.12. The lowest BCUT2D eigenvalue weighted by atomic mass is 10.2. The third kappa shape index (κ3) is 3.90. The monoisotopic (exact) mass is 356 g/mol. The number of carbonyl (C=O) groups excluding carboxylic acids is 1. The Labute approximate surface area is 150 Å². The summed E-state index contributed by atoms with van der Waals surface area (Å²) in [6, 6.07) is 1.78. The molecule has 0 aliphatic heterocycles. The van der Waals surface area contributed by atoms with Crippen molar-refractivity contribution in [1.29, 1.82) is 0 Å². The van der Waals surface area contributed by atoms with Crippen LogP contribution < -0.4 is 4.74 Å². The molecule has 26 heavy (non-hydrogen) atoms. The van der Waals surface area contributed by atoms with Gasteiger partial charge in [-0.3, -0.25) is 0 Å². The normalized spacial score (nSPS) is 10.9. The third-order valence-electron chi connectivity index (χ3n) is 3.45. The molecule has 0 aromatic carbocycles. The second-order valence-corrected chi connectivity index (χ2v) is 6.00. The van der Waals surface area contributed by atoms with Crippen LogP contribution in [0.3, 0.4) is 0 Å². The number of hydrogen-bond donors (Lipinski definition) is 0. The van der Waals surface area contributed by atoms with E-state index in [2.05, 4.69) is 28.9 Å². The quantitative estimate of drug-likeness (QED) is 0.600. The molecule has 0 amide bonds. The lowest BCUT2D eigenvalue weighted by Crippen LogP contribution is -2.07. The van der Waals surface area contributed by atoms with E-state index < -0.39 is 5.97 Å². The fourth-order valence-electron chi connectivity index (χ4n) is 2.24. The van der Waals surface area contributed by atoms with Crippen LogP contribution in [0.1, 0.15) is 31.1 Å². The van der Waals surface area contributed by atoms with Crippen molar-refractivity contribution in [2.24, 2.45) is 5.92 Å². The Kier molecular flexibility index (Phi) is 5.31.